The Morgan fingerprint density at radius 3 is 2.48 bits per heavy atom. The van der Waals surface area contributed by atoms with E-state index in [0.717, 1.165) is 31.7 Å². The van der Waals surface area contributed by atoms with Gasteiger partial charge in [-0.05, 0) is 43.4 Å². The Balaban J connectivity index is 1.49. The first-order chi connectivity index (χ1) is 12.2. The molecular formula is C22H26N2O. The third kappa shape index (κ3) is 3.62. The van der Waals surface area contributed by atoms with E-state index in [9.17, 15) is 4.79 Å². The van der Waals surface area contributed by atoms with Crippen LogP contribution in [0.5, 0.6) is 0 Å². The summed E-state index contributed by atoms with van der Waals surface area (Å²) < 4.78 is 0. The van der Waals surface area contributed by atoms with Crippen LogP contribution in [-0.4, -0.2) is 41.4 Å². The lowest BCUT2D eigenvalue weighted by Crippen LogP contribution is -2.43. The fourth-order valence-electron chi connectivity index (χ4n) is 4.24. The van der Waals surface area contributed by atoms with Crippen LogP contribution in [-0.2, 0) is 6.54 Å². The van der Waals surface area contributed by atoms with Crippen molar-refractivity contribution in [1.82, 2.24) is 9.80 Å². The Kier molecular flexibility index (Phi) is 4.58. The zero-order valence-electron chi connectivity index (χ0n) is 14.9. The van der Waals surface area contributed by atoms with Gasteiger partial charge < -0.3 is 4.90 Å². The van der Waals surface area contributed by atoms with E-state index in [-0.39, 0.29) is 5.91 Å². The van der Waals surface area contributed by atoms with Crippen LogP contribution in [0.4, 0.5) is 0 Å². The lowest BCUT2D eigenvalue weighted by molar-refractivity contribution is 0.0736. The summed E-state index contributed by atoms with van der Waals surface area (Å²) in [6.45, 7) is 5.91. The number of hydrogen-bond acceptors (Lipinski definition) is 2. The van der Waals surface area contributed by atoms with Gasteiger partial charge in [-0.3, -0.25) is 9.69 Å². The lowest BCUT2D eigenvalue weighted by Gasteiger charge is -2.36. The number of carbonyl (C=O) groups excluding carboxylic acids is 1. The molecule has 2 aromatic rings. The van der Waals surface area contributed by atoms with Crippen molar-refractivity contribution in [3.8, 4) is 0 Å². The maximum Gasteiger partial charge on any atom is 0.253 e. The quantitative estimate of drug-likeness (QED) is 0.854. The normalized spacial score (nSPS) is 23.5. The SMILES string of the molecule is Cc1ccc(C(=O)N2C[C@H]3CC[C@@H](C2)N(Cc2ccccc2)C3)cc1. The maximum absolute atomic E-state index is 13.0. The van der Waals surface area contributed by atoms with Crippen LogP contribution < -0.4 is 0 Å². The molecule has 3 nitrogen and oxygen atoms in total. The summed E-state index contributed by atoms with van der Waals surface area (Å²) in [5.74, 6) is 0.787. The van der Waals surface area contributed by atoms with Crippen molar-refractivity contribution in [2.75, 3.05) is 19.6 Å². The molecule has 3 heterocycles. The van der Waals surface area contributed by atoms with Crippen LogP contribution in [0.1, 0.15) is 34.3 Å². The Labute approximate surface area is 150 Å². The summed E-state index contributed by atoms with van der Waals surface area (Å²) >= 11 is 0. The van der Waals surface area contributed by atoms with Gasteiger partial charge in [0.1, 0.15) is 0 Å². The molecule has 0 N–H and O–H groups in total. The molecule has 3 aliphatic rings. The predicted molar refractivity (Wildman–Crippen MR) is 100 cm³/mol. The Bertz CT molecular complexity index is 725. The molecule has 3 saturated heterocycles. The minimum Gasteiger partial charge on any atom is -0.337 e. The van der Waals surface area contributed by atoms with Crippen LogP contribution >= 0.6 is 0 Å². The largest absolute Gasteiger partial charge is 0.337 e. The number of rotatable bonds is 3. The summed E-state index contributed by atoms with van der Waals surface area (Å²) in [5.41, 5.74) is 3.38. The van der Waals surface area contributed by atoms with Crippen molar-refractivity contribution in [1.29, 1.82) is 0 Å². The third-order valence-corrected chi connectivity index (χ3v) is 5.64. The number of amides is 1. The number of hydrogen-bond donors (Lipinski definition) is 0. The minimum absolute atomic E-state index is 0.193. The van der Waals surface area contributed by atoms with Gasteiger partial charge in [0, 0.05) is 37.8 Å². The molecule has 0 unspecified atom stereocenters. The molecule has 0 saturated carbocycles. The zero-order chi connectivity index (χ0) is 17.2. The monoisotopic (exact) mass is 334 g/mol. The van der Waals surface area contributed by atoms with Crippen molar-refractivity contribution in [2.45, 2.75) is 32.4 Å². The molecule has 25 heavy (non-hydrogen) atoms. The maximum atomic E-state index is 13.0. The highest BCUT2D eigenvalue weighted by Gasteiger charge is 2.36. The standard InChI is InChI=1S/C22H26N2O/c1-17-7-10-20(11-8-17)22(25)24-15-19-9-12-21(16-24)23(14-19)13-18-5-3-2-4-6-18/h2-8,10-11,19,21H,9,12-16H2,1H3/t19-,21-/m0/s1. The van der Waals surface area contributed by atoms with Crippen LogP contribution in [0.25, 0.3) is 0 Å². The van der Waals surface area contributed by atoms with Crippen LogP contribution in [0.15, 0.2) is 54.6 Å². The molecule has 130 valence electrons. The molecule has 3 fully saturated rings. The Hall–Kier alpha value is -2.13. The van der Waals surface area contributed by atoms with Gasteiger partial charge in [-0.1, -0.05) is 48.0 Å². The first kappa shape index (κ1) is 16.3. The molecule has 2 bridgehead atoms. The Morgan fingerprint density at radius 2 is 1.72 bits per heavy atom. The highest BCUT2D eigenvalue weighted by molar-refractivity contribution is 5.94. The van der Waals surface area contributed by atoms with E-state index < -0.39 is 0 Å². The number of benzene rings is 2. The second kappa shape index (κ2) is 7.01. The molecule has 3 aliphatic heterocycles. The summed E-state index contributed by atoms with van der Waals surface area (Å²) in [6.07, 6.45) is 2.45. The molecule has 0 radical (unpaired) electrons. The van der Waals surface area contributed by atoms with Gasteiger partial charge in [-0.2, -0.15) is 0 Å². The van der Waals surface area contributed by atoms with Crippen molar-refractivity contribution in [3.63, 3.8) is 0 Å². The van der Waals surface area contributed by atoms with E-state index >= 15 is 0 Å². The van der Waals surface area contributed by atoms with Crippen LogP contribution in [0.3, 0.4) is 0 Å². The fourth-order valence-corrected chi connectivity index (χ4v) is 4.24. The van der Waals surface area contributed by atoms with Crippen molar-refractivity contribution in [3.05, 3.63) is 71.3 Å². The molecule has 0 aromatic heterocycles. The smallest absolute Gasteiger partial charge is 0.253 e. The second-order valence-electron chi connectivity index (χ2n) is 7.59. The summed E-state index contributed by atoms with van der Waals surface area (Å²) in [7, 11) is 0. The fraction of sp³-hybridized carbons (Fsp3) is 0.409. The average molecular weight is 334 g/mol. The van der Waals surface area contributed by atoms with Gasteiger partial charge in [-0.15, -0.1) is 0 Å². The second-order valence-corrected chi connectivity index (χ2v) is 7.59. The van der Waals surface area contributed by atoms with Gasteiger partial charge >= 0.3 is 0 Å². The zero-order valence-corrected chi connectivity index (χ0v) is 14.9. The number of aryl methyl sites for hydroxylation is 1. The number of fused-ring (bicyclic) bond motifs is 4. The molecule has 3 heteroatoms. The lowest BCUT2D eigenvalue weighted by atomic mass is 9.94. The Morgan fingerprint density at radius 1 is 0.960 bits per heavy atom. The van der Waals surface area contributed by atoms with Crippen molar-refractivity contribution >= 4 is 5.91 Å². The summed E-state index contributed by atoms with van der Waals surface area (Å²) in [6, 6.07) is 19.2. The van der Waals surface area contributed by atoms with E-state index in [1.54, 1.807) is 0 Å². The number of piperidine rings is 1. The molecule has 0 aliphatic carbocycles. The highest BCUT2D eigenvalue weighted by Crippen LogP contribution is 2.30. The van der Waals surface area contributed by atoms with E-state index in [0.29, 0.717) is 12.0 Å². The molecule has 1 amide bonds. The van der Waals surface area contributed by atoms with Crippen molar-refractivity contribution < 1.29 is 4.79 Å². The van der Waals surface area contributed by atoms with E-state index in [1.165, 1.54) is 24.0 Å². The average Bonchev–Trinajstić information content (AvgIpc) is 2.94. The first-order valence-electron chi connectivity index (χ1n) is 9.33. The number of carbonyl (C=O) groups is 1. The number of nitrogens with zero attached hydrogens (tertiary/aromatic N) is 2. The molecular weight excluding hydrogens is 308 g/mol. The third-order valence-electron chi connectivity index (χ3n) is 5.64. The van der Waals surface area contributed by atoms with E-state index in [1.807, 2.05) is 24.3 Å². The van der Waals surface area contributed by atoms with Gasteiger partial charge in [-0.25, -0.2) is 0 Å². The molecule has 2 aromatic carbocycles. The predicted octanol–water partition coefficient (Wildman–Crippen LogP) is 3.73. The first-order valence-corrected chi connectivity index (χ1v) is 9.33. The molecule has 0 spiro atoms. The van der Waals surface area contributed by atoms with Gasteiger partial charge in [0.25, 0.3) is 5.91 Å². The highest BCUT2D eigenvalue weighted by atomic mass is 16.2. The topological polar surface area (TPSA) is 23.6 Å². The summed E-state index contributed by atoms with van der Waals surface area (Å²) in [5, 5.41) is 0. The van der Waals surface area contributed by atoms with Gasteiger partial charge in [0.2, 0.25) is 0 Å². The van der Waals surface area contributed by atoms with Crippen LogP contribution in [0, 0.1) is 12.8 Å². The summed E-state index contributed by atoms with van der Waals surface area (Å²) in [4.78, 5) is 17.6. The molecule has 5 rings (SSSR count). The molecule has 2 atom stereocenters. The van der Waals surface area contributed by atoms with Gasteiger partial charge in [0.15, 0.2) is 0 Å². The minimum atomic E-state index is 0.193. The van der Waals surface area contributed by atoms with Crippen LogP contribution in [0.2, 0.25) is 0 Å². The van der Waals surface area contributed by atoms with Gasteiger partial charge in [0.05, 0.1) is 0 Å². The van der Waals surface area contributed by atoms with Crippen molar-refractivity contribution in [2.24, 2.45) is 5.92 Å². The van der Waals surface area contributed by atoms with E-state index in [2.05, 4.69) is 47.1 Å². The van der Waals surface area contributed by atoms with E-state index in [4.69, 9.17) is 0 Å².